The fraction of sp³-hybridized carbons (Fsp3) is 0.471. The van der Waals surface area contributed by atoms with Crippen LogP contribution in [0, 0.1) is 5.92 Å². The van der Waals surface area contributed by atoms with Crippen LogP contribution >= 0.6 is 0 Å². The molecule has 0 bridgehead atoms. The van der Waals surface area contributed by atoms with Crippen LogP contribution in [0.1, 0.15) is 31.2 Å². The molecular weight excluding hydrogens is 250 g/mol. The van der Waals surface area contributed by atoms with E-state index < -0.39 is 0 Å². The predicted molar refractivity (Wildman–Crippen MR) is 78.2 cm³/mol. The minimum atomic E-state index is -0.168. The molecule has 2 fully saturated rings. The van der Waals surface area contributed by atoms with Gasteiger partial charge in [-0.25, -0.2) is 4.79 Å². The zero-order valence-electron chi connectivity index (χ0n) is 11.8. The summed E-state index contributed by atoms with van der Waals surface area (Å²) in [7, 11) is 0. The first kappa shape index (κ1) is 13.2. The molecule has 1 aliphatic carbocycles. The van der Waals surface area contributed by atoms with E-state index in [1.807, 2.05) is 35.2 Å². The average molecular weight is 271 g/mol. The van der Waals surface area contributed by atoms with Crippen molar-refractivity contribution in [3.05, 3.63) is 48.0 Å². The first-order valence-corrected chi connectivity index (χ1v) is 7.40. The third-order valence-electron chi connectivity index (χ3n) is 4.50. The summed E-state index contributed by atoms with van der Waals surface area (Å²) in [5, 5.41) is 0. The van der Waals surface area contributed by atoms with Crippen molar-refractivity contribution in [2.24, 2.45) is 5.92 Å². The van der Waals surface area contributed by atoms with Crippen molar-refractivity contribution < 1.29 is 9.53 Å². The molecule has 0 N–H and O–H groups in total. The third kappa shape index (κ3) is 2.58. The van der Waals surface area contributed by atoms with Crippen molar-refractivity contribution >= 4 is 6.09 Å². The summed E-state index contributed by atoms with van der Waals surface area (Å²) < 4.78 is 5.47. The number of hydrogen-bond acceptors (Lipinski definition) is 2. The molecule has 0 unspecified atom stereocenters. The average Bonchev–Trinajstić information content (AvgIpc) is 2.87. The molecule has 1 heterocycles. The minimum absolute atomic E-state index is 0.168. The van der Waals surface area contributed by atoms with Crippen LogP contribution in [0.3, 0.4) is 0 Å². The lowest BCUT2D eigenvalue weighted by atomic mass is 9.90. The number of piperidine rings is 1. The fourth-order valence-corrected chi connectivity index (χ4v) is 3.44. The highest BCUT2D eigenvalue weighted by atomic mass is 16.6. The van der Waals surface area contributed by atoms with Crippen LogP contribution in [0.2, 0.25) is 0 Å². The van der Waals surface area contributed by atoms with Gasteiger partial charge in [0.2, 0.25) is 0 Å². The van der Waals surface area contributed by atoms with E-state index in [2.05, 4.69) is 6.58 Å². The molecule has 0 spiro atoms. The SMILES string of the molecule is C=C1CC[C@@H]2[C@H]1CCCN2C(=O)OCc1ccccc1. The van der Waals surface area contributed by atoms with E-state index >= 15 is 0 Å². The number of benzene rings is 1. The summed E-state index contributed by atoms with van der Waals surface area (Å²) in [5.74, 6) is 0.494. The monoisotopic (exact) mass is 271 g/mol. The molecular formula is C17H21NO2. The lowest BCUT2D eigenvalue weighted by Gasteiger charge is -2.37. The van der Waals surface area contributed by atoms with E-state index in [9.17, 15) is 4.79 Å². The fourth-order valence-electron chi connectivity index (χ4n) is 3.44. The summed E-state index contributed by atoms with van der Waals surface area (Å²) in [4.78, 5) is 14.2. The molecule has 1 amide bonds. The number of carbonyl (C=O) groups is 1. The first-order valence-electron chi connectivity index (χ1n) is 7.40. The lowest BCUT2D eigenvalue weighted by Crippen LogP contribution is -2.46. The van der Waals surface area contributed by atoms with Crippen molar-refractivity contribution in [3.8, 4) is 0 Å². The van der Waals surface area contributed by atoms with Gasteiger partial charge in [0.15, 0.2) is 0 Å². The summed E-state index contributed by atoms with van der Waals surface area (Å²) >= 11 is 0. The Morgan fingerprint density at radius 3 is 2.90 bits per heavy atom. The molecule has 1 aliphatic heterocycles. The number of hydrogen-bond donors (Lipinski definition) is 0. The Bertz CT molecular complexity index is 497. The van der Waals surface area contributed by atoms with Gasteiger partial charge >= 0.3 is 6.09 Å². The Labute approximate surface area is 120 Å². The third-order valence-corrected chi connectivity index (χ3v) is 4.50. The van der Waals surface area contributed by atoms with Crippen LogP contribution in [0.5, 0.6) is 0 Å². The van der Waals surface area contributed by atoms with Gasteiger partial charge in [-0.1, -0.05) is 42.5 Å². The molecule has 0 radical (unpaired) electrons. The van der Waals surface area contributed by atoms with Crippen LogP contribution in [-0.4, -0.2) is 23.6 Å². The Morgan fingerprint density at radius 1 is 1.30 bits per heavy atom. The summed E-state index contributed by atoms with van der Waals surface area (Å²) in [6, 6.07) is 10.2. The molecule has 1 saturated carbocycles. The van der Waals surface area contributed by atoms with Gasteiger partial charge in [0.05, 0.1) is 0 Å². The highest BCUT2D eigenvalue weighted by Crippen LogP contribution is 2.40. The van der Waals surface area contributed by atoms with Crippen LogP contribution in [-0.2, 0) is 11.3 Å². The number of nitrogens with zero attached hydrogens (tertiary/aromatic N) is 1. The maximum atomic E-state index is 12.3. The van der Waals surface area contributed by atoms with Crippen LogP contribution in [0.15, 0.2) is 42.5 Å². The van der Waals surface area contributed by atoms with Gasteiger partial charge in [-0.05, 0) is 31.2 Å². The van der Waals surface area contributed by atoms with Gasteiger partial charge in [-0.2, -0.15) is 0 Å². The maximum absolute atomic E-state index is 12.3. The van der Waals surface area contributed by atoms with Crippen molar-refractivity contribution in [3.63, 3.8) is 0 Å². The number of amides is 1. The van der Waals surface area contributed by atoms with Gasteiger partial charge in [-0.3, -0.25) is 0 Å². The summed E-state index contributed by atoms with van der Waals surface area (Å²) in [5.41, 5.74) is 2.35. The normalized spacial score (nSPS) is 25.4. The molecule has 1 saturated heterocycles. The van der Waals surface area contributed by atoms with Crippen molar-refractivity contribution in [1.82, 2.24) is 4.90 Å². The number of ether oxygens (including phenoxy) is 1. The van der Waals surface area contributed by atoms with Crippen LogP contribution in [0.4, 0.5) is 4.79 Å². The second kappa shape index (κ2) is 5.70. The quantitative estimate of drug-likeness (QED) is 0.767. The van der Waals surface area contributed by atoms with Crippen molar-refractivity contribution in [2.75, 3.05) is 6.54 Å². The van der Waals surface area contributed by atoms with E-state index in [-0.39, 0.29) is 6.09 Å². The molecule has 106 valence electrons. The van der Waals surface area contributed by atoms with Crippen molar-refractivity contribution in [1.29, 1.82) is 0 Å². The zero-order chi connectivity index (χ0) is 13.9. The lowest BCUT2D eigenvalue weighted by molar-refractivity contribution is 0.0604. The predicted octanol–water partition coefficient (Wildman–Crippen LogP) is 3.75. The molecule has 3 rings (SSSR count). The second-order valence-corrected chi connectivity index (χ2v) is 5.75. The van der Waals surface area contributed by atoms with E-state index in [0.29, 0.717) is 18.6 Å². The standard InChI is InChI=1S/C17H21NO2/c1-13-9-10-16-15(13)8-5-11-18(16)17(19)20-12-14-6-3-2-4-7-14/h2-4,6-7,15-16H,1,5,8-12H2/t15-,16+/m0/s1. The zero-order valence-corrected chi connectivity index (χ0v) is 11.8. The summed E-state index contributed by atoms with van der Waals surface area (Å²) in [6.45, 7) is 5.32. The molecule has 1 aromatic carbocycles. The van der Waals surface area contributed by atoms with Gasteiger partial charge in [0.25, 0.3) is 0 Å². The second-order valence-electron chi connectivity index (χ2n) is 5.75. The van der Waals surface area contributed by atoms with E-state index in [0.717, 1.165) is 31.4 Å². The first-order chi connectivity index (χ1) is 9.75. The van der Waals surface area contributed by atoms with Gasteiger partial charge in [0.1, 0.15) is 6.61 Å². The van der Waals surface area contributed by atoms with Gasteiger partial charge in [-0.15, -0.1) is 0 Å². The molecule has 3 nitrogen and oxygen atoms in total. The molecule has 20 heavy (non-hydrogen) atoms. The van der Waals surface area contributed by atoms with Gasteiger partial charge < -0.3 is 9.64 Å². The highest BCUT2D eigenvalue weighted by molar-refractivity contribution is 5.68. The summed E-state index contributed by atoms with van der Waals surface area (Å²) in [6.07, 6.45) is 4.16. The Hall–Kier alpha value is -1.77. The van der Waals surface area contributed by atoms with E-state index in [1.54, 1.807) is 0 Å². The molecule has 1 aromatic rings. The molecule has 0 aromatic heterocycles. The largest absolute Gasteiger partial charge is 0.445 e. The van der Waals surface area contributed by atoms with Crippen LogP contribution in [0.25, 0.3) is 0 Å². The minimum Gasteiger partial charge on any atom is -0.445 e. The van der Waals surface area contributed by atoms with Crippen molar-refractivity contribution in [2.45, 2.75) is 38.3 Å². The topological polar surface area (TPSA) is 29.5 Å². The van der Waals surface area contributed by atoms with Crippen LogP contribution < -0.4 is 0 Å². The molecule has 2 atom stereocenters. The molecule has 2 aliphatic rings. The van der Waals surface area contributed by atoms with E-state index in [1.165, 1.54) is 12.0 Å². The van der Waals surface area contributed by atoms with Gasteiger partial charge in [0, 0.05) is 18.5 Å². The Kier molecular flexibility index (Phi) is 3.77. The smallest absolute Gasteiger partial charge is 0.410 e. The number of fused-ring (bicyclic) bond motifs is 1. The Balaban J connectivity index is 1.61. The molecule has 3 heteroatoms. The number of rotatable bonds is 2. The maximum Gasteiger partial charge on any atom is 0.410 e. The number of carbonyl (C=O) groups excluding carboxylic acids is 1. The highest BCUT2D eigenvalue weighted by Gasteiger charge is 2.39. The van der Waals surface area contributed by atoms with E-state index in [4.69, 9.17) is 4.74 Å². The Morgan fingerprint density at radius 2 is 2.10 bits per heavy atom. The number of likely N-dealkylation sites (tertiary alicyclic amines) is 1.